The van der Waals surface area contributed by atoms with Crippen molar-refractivity contribution in [2.75, 3.05) is 13.7 Å². The minimum atomic E-state index is -0.153. The summed E-state index contributed by atoms with van der Waals surface area (Å²) in [6.45, 7) is 9.56. The van der Waals surface area contributed by atoms with Crippen molar-refractivity contribution in [1.29, 1.82) is 0 Å². The van der Waals surface area contributed by atoms with Gasteiger partial charge < -0.3 is 14.6 Å². The third-order valence-corrected chi connectivity index (χ3v) is 4.03. The molecule has 5 heteroatoms. The SMILES string of the molecule is CCCC1(c2nc(C(OC)C(C)(C)C)no2)CCCN1. The van der Waals surface area contributed by atoms with Crippen molar-refractivity contribution in [2.45, 2.75) is 65.0 Å². The van der Waals surface area contributed by atoms with Crippen LogP contribution in [0.2, 0.25) is 0 Å². The van der Waals surface area contributed by atoms with E-state index in [1.165, 1.54) is 0 Å². The fourth-order valence-corrected chi connectivity index (χ4v) is 3.12. The van der Waals surface area contributed by atoms with Gasteiger partial charge in [-0.1, -0.05) is 39.3 Å². The van der Waals surface area contributed by atoms with E-state index in [2.05, 4.69) is 43.2 Å². The van der Waals surface area contributed by atoms with Crippen LogP contribution in [0, 0.1) is 5.41 Å². The predicted molar refractivity (Wildman–Crippen MR) is 77.3 cm³/mol. The molecule has 0 aliphatic carbocycles. The van der Waals surface area contributed by atoms with E-state index in [1.54, 1.807) is 7.11 Å². The van der Waals surface area contributed by atoms with E-state index in [1.807, 2.05) is 0 Å². The summed E-state index contributed by atoms with van der Waals surface area (Å²) >= 11 is 0. The van der Waals surface area contributed by atoms with Crippen LogP contribution in [0.4, 0.5) is 0 Å². The maximum Gasteiger partial charge on any atom is 0.247 e. The molecule has 0 spiro atoms. The number of hydrogen-bond acceptors (Lipinski definition) is 5. The summed E-state index contributed by atoms with van der Waals surface area (Å²) in [4.78, 5) is 4.66. The largest absolute Gasteiger partial charge is 0.373 e. The number of ether oxygens (including phenoxy) is 1. The van der Waals surface area contributed by atoms with E-state index in [0.29, 0.717) is 5.82 Å². The third kappa shape index (κ3) is 2.88. The van der Waals surface area contributed by atoms with E-state index in [0.717, 1.165) is 38.1 Å². The Morgan fingerprint density at radius 3 is 2.70 bits per heavy atom. The van der Waals surface area contributed by atoms with Gasteiger partial charge >= 0.3 is 0 Å². The molecular formula is C15H27N3O2. The Hall–Kier alpha value is -0.940. The number of hydrogen-bond donors (Lipinski definition) is 1. The number of rotatable bonds is 5. The Kier molecular flexibility index (Phi) is 4.49. The molecule has 1 aromatic rings. The molecule has 0 amide bonds. The molecule has 1 saturated heterocycles. The highest BCUT2D eigenvalue weighted by Crippen LogP contribution is 2.38. The van der Waals surface area contributed by atoms with Crippen molar-refractivity contribution in [3.05, 3.63) is 11.7 Å². The van der Waals surface area contributed by atoms with E-state index in [-0.39, 0.29) is 17.1 Å². The summed E-state index contributed by atoms with van der Waals surface area (Å²) in [6.07, 6.45) is 4.19. The van der Waals surface area contributed by atoms with Crippen molar-refractivity contribution < 1.29 is 9.26 Å². The first kappa shape index (κ1) is 15.4. The van der Waals surface area contributed by atoms with Gasteiger partial charge in [0.1, 0.15) is 6.10 Å². The van der Waals surface area contributed by atoms with Gasteiger partial charge in [-0.25, -0.2) is 0 Å². The highest BCUT2D eigenvalue weighted by Gasteiger charge is 2.41. The molecule has 5 nitrogen and oxygen atoms in total. The van der Waals surface area contributed by atoms with Crippen LogP contribution < -0.4 is 5.32 Å². The summed E-state index contributed by atoms with van der Waals surface area (Å²) in [7, 11) is 1.70. The molecule has 0 radical (unpaired) electrons. The Bertz CT molecular complexity index is 431. The van der Waals surface area contributed by atoms with E-state index in [9.17, 15) is 0 Å². The summed E-state index contributed by atoms with van der Waals surface area (Å²) in [5.74, 6) is 1.37. The molecule has 0 aromatic carbocycles. The monoisotopic (exact) mass is 281 g/mol. The zero-order chi connectivity index (χ0) is 14.8. The van der Waals surface area contributed by atoms with Gasteiger partial charge in [0.2, 0.25) is 11.7 Å². The van der Waals surface area contributed by atoms with Gasteiger partial charge in [-0.15, -0.1) is 0 Å². The van der Waals surface area contributed by atoms with Crippen molar-refractivity contribution >= 4 is 0 Å². The number of nitrogens with one attached hydrogen (secondary N) is 1. The summed E-state index contributed by atoms with van der Waals surface area (Å²) in [5.41, 5.74) is -0.187. The molecule has 114 valence electrons. The van der Waals surface area contributed by atoms with Crippen LogP contribution in [0.1, 0.15) is 71.2 Å². The third-order valence-electron chi connectivity index (χ3n) is 4.03. The molecule has 1 N–H and O–H groups in total. The van der Waals surface area contributed by atoms with Crippen molar-refractivity contribution in [3.8, 4) is 0 Å². The predicted octanol–water partition coefficient (Wildman–Crippen LogP) is 3.18. The zero-order valence-corrected chi connectivity index (χ0v) is 13.3. The van der Waals surface area contributed by atoms with Gasteiger partial charge in [-0.2, -0.15) is 4.98 Å². The lowest BCUT2D eigenvalue weighted by molar-refractivity contribution is 0.00718. The van der Waals surface area contributed by atoms with Crippen LogP contribution in [0.3, 0.4) is 0 Å². The van der Waals surface area contributed by atoms with Crippen LogP contribution in [0.25, 0.3) is 0 Å². The van der Waals surface area contributed by atoms with Crippen LogP contribution in [0.15, 0.2) is 4.52 Å². The highest BCUT2D eigenvalue weighted by atomic mass is 16.5. The Labute approximate surface area is 121 Å². The van der Waals surface area contributed by atoms with Crippen LogP contribution in [-0.2, 0) is 10.3 Å². The van der Waals surface area contributed by atoms with Crippen LogP contribution in [-0.4, -0.2) is 23.8 Å². The highest BCUT2D eigenvalue weighted by molar-refractivity contribution is 5.08. The van der Waals surface area contributed by atoms with Crippen LogP contribution >= 0.6 is 0 Å². The number of aromatic nitrogens is 2. The minimum absolute atomic E-state index is 0.0586. The number of nitrogens with zero attached hydrogens (tertiary/aromatic N) is 2. The Morgan fingerprint density at radius 1 is 1.45 bits per heavy atom. The van der Waals surface area contributed by atoms with Gasteiger partial charge in [-0.05, 0) is 31.2 Å². The second kappa shape index (κ2) is 5.82. The lowest BCUT2D eigenvalue weighted by Crippen LogP contribution is -2.37. The normalized spacial score (nSPS) is 25.1. The molecule has 0 bridgehead atoms. The maximum absolute atomic E-state index is 5.58. The zero-order valence-electron chi connectivity index (χ0n) is 13.3. The average molecular weight is 281 g/mol. The fourth-order valence-electron chi connectivity index (χ4n) is 3.12. The van der Waals surface area contributed by atoms with Gasteiger partial charge in [0.15, 0.2) is 0 Å². The summed E-state index contributed by atoms with van der Waals surface area (Å²) < 4.78 is 11.1. The first-order valence-corrected chi connectivity index (χ1v) is 7.55. The molecule has 2 atom stereocenters. The molecular weight excluding hydrogens is 254 g/mol. The average Bonchev–Trinajstić information content (AvgIpc) is 2.98. The lowest BCUT2D eigenvalue weighted by Gasteiger charge is -2.27. The van der Waals surface area contributed by atoms with Crippen molar-refractivity contribution in [2.24, 2.45) is 5.41 Å². The summed E-state index contributed by atoms with van der Waals surface area (Å²) in [5, 5.41) is 7.73. The molecule has 1 fully saturated rings. The summed E-state index contributed by atoms with van der Waals surface area (Å²) in [6, 6.07) is 0. The Balaban J connectivity index is 2.27. The molecule has 1 aliphatic heterocycles. The van der Waals surface area contributed by atoms with Crippen LogP contribution in [0.5, 0.6) is 0 Å². The van der Waals surface area contributed by atoms with E-state index < -0.39 is 0 Å². The molecule has 2 heterocycles. The smallest absolute Gasteiger partial charge is 0.247 e. The van der Waals surface area contributed by atoms with Gasteiger partial charge in [0.25, 0.3) is 0 Å². The molecule has 20 heavy (non-hydrogen) atoms. The minimum Gasteiger partial charge on any atom is -0.373 e. The van der Waals surface area contributed by atoms with Gasteiger partial charge in [0, 0.05) is 7.11 Å². The number of methoxy groups -OCH3 is 1. The van der Waals surface area contributed by atoms with E-state index in [4.69, 9.17) is 9.26 Å². The molecule has 2 unspecified atom stereocenters. The Morgan fingerprint density at radius 2 is 2.20 bits per heavy atom. The van der Waals surface area contributed by atoms with Gasteiger partial charge in [-0.3, -0.25) is 0 Å². The maximum atomic E-state index is 5.58. The molecule has 2 rings (SSSR count). The van der Waals surface area contributed by atoms with Gasteiger partial charge in [0.05, 0.1) is 5.54 Å². The molecule has 1 aromatic heterocycles. The standard InChI is InChI=1S/C15H27N3O2/c1-6-8-15(9-7-10-16-15)13-17-12(18-20-13)11(19-5)14(2,3)4/h11,16H,6-10H2,1-5H3. The second-order valence-corrected chi connectivity index (χ2v) is 6.80. The lowest BCUT2D eigenvalue weighted by atomic mass is 9.88. The van der Waals surface area contributed by atoms with E-state index >= 15 is 0 Å². The van der Waals surface area contributed by atoms with Crippen molar-refractivity contribution in [3.63, 3.8) is 0 Å². The van der Waals surface area contributed by atoms with Crippen molar-refractivity contribution in [1.82, 2.24) is 15.5 Å². The first-order valence-electron chi connectivity index (χ1n) is 7.55. The molecule has 1 aliphatic rings. The fraction of sp³-hybridized carbons (Fsp3) is 0.867. The topological polar surface area (TPSA) is 60.2 Å². The second-order valence-electron chi connectivity index (χ2n) is 6.80. The molecule has 0 saturated carbocycles. The first-order chi connectivity index (χ1) is 9.43. The quantitative estimate of drug-likeness (QED) is 0.898.